The molecule has 3 nitrogen and oxygen atoms in total. The molecule has 2 aliphatic rings. The minimum Gasteiger partial charge on any atom is -0.351 e. The van der Waals surface area contributed by atoms with Crippen LogP contribution in [-0.2, 0) is 0 Å². The number of thiophene rings is 1. The van der Waals surface area contributed by atoms with Crippen molar-refractivity contribution in [1.29, 1.82) is 0 Å². The Morgan fingerprint density at radius 1 is 1.44 bits per heavy atom. The van der Waals surface area contributed by atoms with Gasteiger partial charge in [0.25, 0.3) is 5.91 Å². The Morgan fingerprint density at radius 3 is 2.94 bits per heavy atom. The zero-order valence-corrected chi connectivity index (χ0v) is 11.6. The molecule has 1 amide bonds. The van der Waals surface area contributed by atoms with Crippen LogP contribution in [0.15, 0.2) is 12.1 Å². The Balaban J connectivity index is 1.45. The van der Waals surface area contributed by atoms with Crippen LogP contribution in [0, 0.1) is 12.8 Å². The molecule has 18 heavy (non-hydrogen) atoms. The molecule has 1 aliphatic heterocycles. The number of carbonyl (C=O) groups excluding carboxylic acids is 1. The molecule has 1 saturated carbocycles. The third-order valence-corrected chi connectivity index (χ3v) is 4.90. The standard InChI is InChI=1S/C14H20N2OS/c1-10-2-5-13(18-10)14(17)15-8-11-6-7-16(9-11)12-3-4-12/h2,5,11-12H,3-4,6-9H2,1H3,(H,15,17)/t11-/m0/s1. The van der Waals surface area contributed by atoms with Gasteiger partial charge in [-0.15, -0.1) is 11.3 Å². The molecule has 0 spiro atoms. The van der Waals surface area contributed by atoms with Gasteiger partial charge in [0.1, 0.15) is 0 Å². The maximum absolute atomic E-state index is 11.9. The molecule has 1 saturated heterocycles. The zero-order chi connectivity index (χ0) is 12.5. The fourth-order valence-electron chi connectivity index (χ4n) is 2.68. The molecule has 1 N–H and O–H groups in total. The van der Waals surface area contributed by atoms with Crippen LogP contribution in [0.1, 0.15) is 33.8 Å². The van der Waals surface area contributed by atoms with Crippen molar-refractivity contribution in [2.75, 3.05) is 19.6 Å². The molecule has 2 heterocycles. The lowest BCUT2D eigenvalue weighted by atomic mass is 10.1. The van der Waals surface area contributed by atoms with Gasteiger partial charge in [0, 0.05) is 24.0 Å². The van der Waals surface area contributed by atoms with E-state index in [4.69, 9.17) is 0 Å². The summed E-state index contributed by atoms with van der Waals surface area (Å²) < 4.78 is 0. The van der Waals surface area contributed by atoms with Gasteiger partial charge in [0.2, 0.25) is 0 Å². The van der Waals surface area contributed by atoms with Crippen LogP contribution in [-0.4, -0.2) is 36.5 Å². The molecule has 3 rings (SSSR count). The summed E-state index contributed by atoms with van der Waals surface area (Å²) in [6.45, 7) is 5.27. The van der Waals surface area contributed by atoms with Crippen LogP contribution in [0.5, 0.6) is 0 Å². The second kappa shape index (κ2) is 5.02. The predicted molar refractivity (Wildman–Crippen MR) is 74.1 cm³/mol. The Kier molecular flexibility index (Phi) is 3.39. The SMILES string of the molecule is Cc1ccc(C(=O)NC[C@@H]2CCN(C3CC3)C2)s1. The summed E-state index contributed by atoms with van der Waals surface area (Å²) in [6, 6.07) is 4.79. The van der Waals surface area contributed by atoms with Gasteiger partial charge < -0.3 is 10.2 Å². The van der Waals surface area contributed by atoms with E-state index in [9.17, 15) is 4.79 Å². The molecule has 1 aromatic rings. The van der Waals surface area contributed by atoms with E-state index in [1.54, 1.807) is 11.3 Å². The first-order valence-corrected chi connectivity index (χ1v) is 7.63. The first-order valence-electron chi connectivity index (χ1n) is 6.81. The van der Waals surface area contributed by atoms with Gasteiger partial charge in [-0.2, -0.15) is 0 Å². The first kappa shape index (κ1) is 12.2. The molecular weight excluding hydrogens is 244 g/mol. The minimum atomic E-state index is 0.0953. The van der Waals surface area contributed by atoms with Gasteiger partial charge in [-0.1, -0.05) is 0 Å². The number of likely N-dealkylation sites (tertiary alicyclic amines) is 1. The van der Waals surface area contributed by atoms with Crippen molar-refractivity contribution < 1.29 is 4.79 Å². The summed E-state index contributed by atoms with van der Waals surface area (Å²) in [5.74, 6) is 0.744. The average molecular weight is 264 g/mol. The van der Waals surface area contributed by atoms with Crippen LogP contribution in [0.3, 0.4) is 0 Å². The van der Waals surface area contributed by atoms with Crippen molar-refractivity contribution in [1.82, 2.24) is 10.2 Å². The highest BCUT2D eigenvalue weighted by Crippen LogP contribution is 2.31. The second-order valence-electron chi connectivity index (χ2n) is 5.50. The Morgan fingerprint density at radius 2 is 2.28 bits per heavy atom. The third-order valence-electron chi connectivity index (χ3n) is 3.90. The summed E-state index contributed by atoms with van der Waals surface area (Å²) in [5, 5.41) is 3.08. The Bertz CT molecular complexity index is 439. The molecule has 4 heteroatoms. The van der Waals surface area contributed by atoms with Crippen LogP contribution in [0.25, 0.3) is 0 Å². The van der Waals surface area contributed by atoms with Gasteiger partial charge in [-0.05, 0) is 50.8 Å². The third kappa shape index (κ3) is 2.75. The quantitative estimate of drug-likeness (QED) is 0.905. The van der Waals surface area contributed by atoms with E-state index in [0.717, 1.165) is 17.5 Å². The van der Waals surface area contributed by atoms with E-state index in [2.05, 4.69) is 10.2 Å². The van der Waals surface area contributed by atoms with Crippen LogP contribution >= 0.6 is 11.3 Å². The van der Waals surface area contributed by atoms with Crippen molar-refractivity contribution in [3.63, 3.8) is 0 Å². The Hall–Kier alpha value is -0.870. The average Bonchev–Trinajstić information content (AvgIpc) is 2.95. The van der Waals surface area contributed by atoms with E-state index >= 15 is 0 Å². The van der Waals surface area contributed by atoms with Crippen molar-refractivity contribution in [2.45, 2.75) is 32.2 Å². The molecule has 0 bridgehead atoms. The van der Waals surface area contributed by atoms with Crippen molar-refractivity contribution in [3.8, 4) is 0 Å². The van der Waals surface area contributed by atoms with E-state index in [0.29, 0.717) is 5.92 Å². The number of carbonyl (C=O) groups is 1. The highest BCUT2D eigenvalue weighted by atomic mass is 32.1. The molecule has 0 unspecified atom stereocenters. The number of rotatable bonds is 4. The molecule has 2 fully saturated rings. The highest BCUT2D eigenvalue weighted by Gasteiger charge is 2.34. The lowest BCUT2D eigenvalue weighted by Gasteiger charge is -2.14. The first-order chi connectivity index (χ1) is 8.72. The van der Waals surface area contributed by atoms with Crippen molar-refractivity contribution in [3.05, 3.63) is 21.9 Å². The molecule has 1 aromatic heterocycles. The second-order valence-corrected chi connectivity index (χ2v) is 6.79. The molecule has 98 valence electrons. The number of hydrogen-bond acceptors (Lipinski definition) is 3. The molecule has 1 atom stereocenters. The number of aryl methyl sites for hydroxylation is 1. The highest BCUT2D eigenvalue weighted by molar-refractivity contribution is 7.13. The van der Waals surface area contributed by atoms with Crippen LogP contribution in [0.4, 0.5) is 0 Å². The summed E-state index contributed by atoms with van der Waals surface area (Å²) in [7, 11) is 0. The summed E-state index contributed by atoms with van der Waals surface area (Å²) in [5.41, 5.74) is 0. The normalized spacial score (nSPS) is 24.4. The van der Waals surface area contributed by atoms with E-state index in [1.165, 1.54) is 37.2 Å². The lowest BCUT2D eigenvalue weighted by molar-refractivity contribution is 0.0951. The number of hydrogen-bond donors (Lipinski definition) is 1. The molecule has 0 aromatic carbocycles. The van der Waals surface area contributed by atoms with Crippen LogP contribution < -0.4 is 5.32 Å². The van der Waals surface area contributed by atoms with Crippen molar-refractivity contribution in [2.24, 2.45) is 5.92 Å². The molecule has 0 radical (unpaired) electrons. The fraction of sp³-hybridized carbons (Fsp3) is 0.643. The zero-order valence-electron chi connectivity index (χ0n) is 10.8. The molecule has 1 aliphatic carbocycles. The summed E-state index contributed by atoms with van der Waals surface area (Å²) in [4.78, 5) is 16.6. The summed E-state index contributed by atoms with van der Waals surface area (Å²) in [6.07, 6.45) is 4.00. The van der Waals surface area contributed by atoms with Crippen LogP contribution in [0.2, 0.25) is 0 Å². The maximum Gasteiger partial charge on any atom is 0.261 e. The number of nitrogens with zero attached hydrogens (tertiary/aromatic N) is 1. The monoisotopic (exact) mass is 264 g/mol. The number of amides is 1. The van der Waals surface area contributed by atoms with E-state index in [1.807, 2.05) is 19.1 Å². The molecular formula is C14H20N2OS. The smallest absolute Gasteiger partial charge is 0.261 e. The van der Waals surface area contributed by atoms with E-state index in [-0.39, 0.29) is 5.91 Å². The Labute approximate surface area is 112 Å². The van der Waals surface area contributed by atoms with Gasteiger partial charge in [-0.3, -0.25) is 4.79 Å². The van der Waals surface area contributed by atoms with Gasteiger partial charge >= 0.3 is 0 Å². The maximum atomic E-state index is 11.9. The van der Waals surface area contributed by atoms with Gasteiger partial charge in [0.05, 0.1) is 4.88 Å². The van der Waals surface area contributed by atoms with Gasteiger partial charge in [0.15, 0.2) is 0 Å². The topological polar surface area (TPSA) is 32.3 Å². The van der Waals surface area contributed by atoms with Crippen molar-refractivity contribution >= 4 is 17.2 Å². The largest absolute Gasteiger partial charge is 0.351 e. The van der Waals surface area contributed by atoms with Gasteiger partial charge in [-0.25, -0.2) is 0 Å². The predicted octanol–water partition coefficient (Wildman–Crippen LogP) is 2.27. The fourth-order valence-corrected chi connectivity index (χ4v) is 3.47. The number of nitrogens with one attached hydrogen (secondary N) is 1. The van der Waals surface area contributed by atoms with E-state index < -0.39 is 0 Å². The summed E-state index contributed by atoms with van der Waals surface area (Å²) >= 11 is 1.57. The lowest BCUT2D eigenvalue weighted by Crippen LogP contribution is -2.31. The minimum absolute atomic E-state index is 0.0953.